The molecule has 0 unspecified atom stereocenters. The smallest absolute Gasteiger partial charge is 0.260 e. The molecule has 6 nitrogen and oxygen atoms in total. The number of carbonyl (C=O) groups is 2. The first-order valence-corrected chi connectivity index (χ1v) is 9.66. The number of piperidine rings is 1. The summed E-state index contributed by atoms with van der Waals surface area (Å²) in [6.07, 6.45) is 1.81. The van der Waals surface area contributed by atoms with Gasteiger partial charge < -0.3 is 19.3 Å². The highest BCUT2D eigenvalue weighted by molar-refractivity contribution is 5.78. The molecule has 2 saturated heterocycles. The van der Waals surface area contributed by atoms with Crippen LogP contribution < -0.4 is 4.74 Å². The number of carbonyl (C=O) groups excluding carboxylic acids is 2. The molecule has 1 atom stereocenters. The van der Waals surface area contributed by atoms with E-state index in [1.165, 1.54) is 0 Å². The van der Waals surface area contributed by atoms with Crippen LogP contribution in [0.15, 0.2) is 24.3 Å². The van der Waals surface area contributed by atoms with Crippen LogP contribution in [0.5, 0.6) is 5.75 Å². The second kappa shape index (κ2) is 8.30. The molecule has 2 fully saturated rings. The van der Waals surface area contributed by atoms with Crippen molar-refractivity contribution in [2.45, 2.75) is 26.7 Å². The zero-order chi connectivity index (χ0) is 19.4. The molecule has 1 spiro atoms. The van der Waals surface area contributed by atoms with Crippen LogP contribution in [-0.2, 0) is 14.3 Å². The van der Waals surface area contributed by atoms with Gasteiger partial charge >= 0.3 is 0 Å². The van der Waals surface area contributed by atoms with Crippen molar-refractivity contribution < 1.29 is 19.1 Å². The van der Waals surface area contributed by atoms with E-state index in [1.807, 2.05) is 41.0 Å². The van der Waals surface area contributed by atoms with Gasteiger partial charge in [-0.1, -0.05) is 18.2 Å². The summed E-state index contributed by atoms with van der Waals surface area (Å²) in [4.78, 5) is 28.2. The Bertz CT molecular complexity index is 683. The first-order chi connectivity index (χ1) is 12.9. The molecule has 1 aromatic carbocycles. The van der Waals surface area contributed by atoms with Gasteiger partial charge in [-0.05, 0) is 36.8 Å². The summed E-state index contributed by atoms with van der Waals surface area (Å²) in [5, 5.41) is 0. The van der Waals surface area contributed by atoms with Crippen LogP contribution in [-0.4, -0.2) is 68.1 Å². The summed E-state index contributed by atoms with van der Waals surface area (Å²) in [6, 6.07) is 7.73. The Morgan fingerprint density at radius 3 is 2.52 bits per heavy atom. The molecular formula is C21H30N2O4. The SMILES string of the molecule is COC[C@@H]1CN(C(C)=O)CC12CCN(C(=O)COc1ccccc1C)CC2. The number of hydrogen-bond donors (Lipinski definition) is 0. The predicted molar refractivity (Wildman–Crippen MR) is 103 cm³/mol. The molecule has 27 heavy (non-hydrogen) atoms. The Kier molecular flexibility index (Phi) is 6.05. The van der Waals surface area contributed by atoms with Crippen molar-refractivity contribution in [2.75, 3.05) is 46.5 Å². The van der Waals surface area contributed by atoms with Crippen LogP contribution in [0, 0.1) is 18.3 Å². The number of likely N-dealkylation sites (tertiary alicyclic amines) is 2. The van der Waals surface area contributed by atoms with E-state index in [-0.39, 0.29) is 23.8 Å². The highest BCUT2D eigenvalue weighted by atomic mass is 16.5. The summed E-state index contributed by atoms with van der Waals surface area (Å²) in [5.74, 6) is 1.25. The van der Waals surface area contributed by atoms with Crippen molar-refractivity contribution in [1.29, 1.82) is 0 Å². The molecular weight excluding hydrogens is 344 g/mol. The molecule has 0 N–H and O–H groups in total. The van der Waals surface area contributed by atoms with Gasteiger partial charge in [0.1, 0.15) is 5.75 Å². The number of para-hydroxylation sites is 1. The van der Waals surface area contributed by atoms with Gasteiger partial charge in [-0.15, -0.1) is 0 Å². The van der Waals surface area contributed by atoms with E-state index in [0.717, 1.165) is 37.2 Å². The Hall–Kier alpha value is -2.08. The van der Waals surface area contributed by atoms with Crippen molar-refractivity contribution in [1.82, 2.24) is 9.80 Å². The fraction of sp³-hybridized carbons (Fsp3) is 0.619. The maximum absolute atomic E-state index is 12.6. The largest absolute Gasteiger partial charge is 0.484 e. The lowest BCUT2D eigenvalue weighted by molar-refractivity contribution is -0.136. The Labute approximate surface area is 161 Å². The summed E-state index contributed by atoms with van der Waals surface area (Å²) >= 11 is 0. The number of aryl methyl sites for hydroxylation is 1. The van der Waals surface area contributed by atoms with Gasteiger partial charge in [-0.2, -0.15) is 0 Å². The van der Waals surface area contributed by atoms with Crippen LogP contribution in [0.4, 0.5) is 0 Å². The van der Waals surface area contributed by atoms with Gasteiger partial charge in [0.2, 0.25) is 5.91 Å². The number of methoxy groups -OCH3 is 1. The lowest BCUT2D eigenvalue weighted by atomic mass is 9.71. The van der Waals surface area contributed by atoms with Gasteiger partial charge in [0.25, 0.3) is 5.91 Å². The molecule has 2 aliphatic heterocycles. The molecule has 2 aliphatic rings. The zero-order valence-electron chi connectivity index (χ0n) is 16.6. The molecule has 0 aromatic heterocycles. The van der Waals surface area contributed by atoms with Crippen LogP contribution in [0.1, 0.15) is 25.3 Å². The fourth-order valence-corrected chi connectivity index (χ4v) is 4.42. The van der Waals surface area contributed by atoms with Crippen LogP contribution in [0.3, 0.4) is 0 Å². The maximum Gasteiger partial charge on any atom is 0.260 e. The molecule has 6 heteroatoms. The van der Waals surface area contributed by atoms with Gasteiger partial charge in [0.15, 0.2) is 6.61 Å². The minimum Gasteiger partial charge on any atom is -0.484 e. The molecule has 0 aliphatic carbocycles. The molecule has 3 rings (SSSR count). The Balaban J connectivity index is 1.56. The Morgan fingerprint density at radius 1 is 1.19 bits per heavy atom. The fourth-order valence-electron chi connectivity index (χ4n) is 4.42. The van der Waals surface area contributed by atoms with Crippen LogP contribution in [0.2, 0.25) is 0 Å². The van der Waals surface area contributed by atoms with Gasteiger partial charge in [-0.3, -0.25) is 9.59 Å². The second-order valence-corrected chi connectivity index (χ2v) is 7.85. The van der Waals surface area contributed by atoms with Gasteiger partial charge in [0, 0.05) is 46.1 Å². The monoisotopic (exact) mass is 374 g/mol. The summed E-state index contributed by atoms with van der Waals surface area (Å²) < 4.78 is 11.1. The van der Waals surface area contributed by atoms with Crippen molar-refractivity contribution in [3.63, 3.8) is 0 Å². The molecule has 0 saturated carbocycles. The van der Waals surface area contributed by atoms with E-state index in [1.54, 1.807) is 14.0 Å². The number of rotatable bonds is 5. The average Bonchev–Trinajstić information content (AvgIpc) is 3.00. The first kappa shape index (κ1) is 19.7. The highest BCUT2D eigenvalue weighted by Gasteiger charge is 2.49. The third kappa shape index (κ3) is 4.26. The third-order valence-corrected chi connectivity index (χ3v) is 6.18. The number of benzene rings is 1. The third-order valence-electron chi connectivity index (χ3n) is 6.18. The van der Waals surface area contributed by atoms with Crippen molar-refractivity contribution in [3.05, 3.63) is 29.8 Å². The topological polar surface area (TPSA) is 59.1 Å². The minimum atomic E-state index is 0.0258. The number of hydrogen-bond acceptors (Lipinski definition) is 4. The molecule has 1 aromatic rings. The van der Waals surface area contributed by atoms with Crippen LogP contribution >= 0.6 is 0 Å². The van der Waals surface area contributed by atoms with E-state index in [4.69, 9.17) is 9.47 Å². The van der Waals surface area contributed by atoms with E-state index in [9.17, 15) is 9.59 Å². The van der Waals surface area contributed by atoms with Crippen molar-refractivity contribution >= 4 is 11.8 Å². The summed E-state index contributed by atoms with van der Waals surface area (Å²) in [6.45, 7) is 7.29. The first-order valence-electron chi connectivity index (χ1n) is 9.66. The quantitative estimate of drug-likeness (QED) is 0.792. The second-order valence-electron chi connectivity index (χ2n) is 7.85. The number of nitrogens with zero attached hydrogens (tertiary/aromatic N) is 2. The van der Waals surface area contributed by atoms with Crippen molar-refractivity contribution in [3.8, 4) is 5.75 Å². The van der Waals surface area contributed by atoms with E-state index >= 15 is 0 Å². The molecule has 0 bridgehead atoms. The highest BCUT2D eigenvalue weighted by Crippen LogP contribution is 2.44. The number of amides is 2. The van der Waals surface area contributed by atoms with E-state index in [2.05, 4.69) is 0 Å². The van der Waals surface area contributed by atoms with Crippen LogP contribution in [0.25, 0.3) is 0 Å². The summed E-state index contributed by atoms with van der Waals surface area (Å²) in [7, 11) is 1.71. The lowest BCUT2D eigenvalue weighted by Gasteiger charge is -2.42. The normalized spacial score (nSPS) is 21.5. The average molecular weight is 374 g/mol. The minimum absolute atomic E-state index is 0.0258. The van der Waals surface area contributed by atoms with E-state index < -0.39 is 0 Å². The Morgan fingerprint density at radius 2 is 1.89 bits per heavy atom. The zero-order valence-corrected chi connectivity index (χ0v) is 16.6. The molecule has 2 heterocycles. The van der Waals surface area contributed by atoms with Gasteiger partial charge in [-0.25, -0.2) is 0 Å². The molecule has 148 valence electrons. The van der Waals surface area contributed by atoms with Gasteiger partial charge in [0.05, 0.1) is 6.61 Å². The predicted octanol–water partition coefficient (Wildman–Crippen LogP) is 2.11. The van der Waals surface area contributed by atoms with Crippen molar-refractivity contribution in [2.24, 2.45) is 11.3 Å². The molecule has 2 amide bonds. The standard InChI is InChI=1S/C21H30N2O4/c1-16-6-4-5-7-19(16)27-14-20(25)22-10-8-21(9-11-22)15-23(17(2)24)12-18(21)13-26-3/h4-7,18H,8-15H2,1-3H3/t18-/m0/s1. The lowest BCUT2D eigenvalue weighted by Crippen LogP contribution is -2.48. The molecule has 0 radical (unpaired) electrons. The summed E-state index contributed by atoms with van der Waals surface area (Å²) in [5.41, 5.74) is 1.09. The van der Waals surface area contributed by atoms with E-state index in [0.29, 0.717) is 25.6 Å². The number of ether oxygens (including phenoxy) is 2. The maximum atomic E-state index is 12.6.